The average molecular weight is 492 g/mol. The van der Waals surface area contributed by atoms with E-state index in [0.717, 1.165) is 24.4 Å². The van der Waals surface area contributed by atoms with Crippen molar-refractivity contribution in [1.82, 2.24) is 19.6 Å². The lowest BCUT2D eigenvalue weighted by Crippen LogP contribution is -2.39. The van der Waals surface area contributed by atoms with Crippen molar-refractivity contribution in [2.45, 2.75) is 25.1 Å². The summed E-state index contributed by atoms with van der Waals surface area (Å²) in [6.45, 7) is 1.02. The summed E-state index contributed by atoms with van der Waals surface area (Å²) in [6.07, 6.45) is -0.532. The third kappa shape index (κ3) is 4.47. The molecule has 12 heteroatoms. The molecule has 0 aliphatic carbocycles. The fourth-order valence-electron chi connectivity index (χ4n) is 4.15. The summed E-state index contributed by atoms with van der Waals surface area (Å²) in [5.41, 5.74) is -0.115. The maximum absolute atomic E-state index is 14.4. The largest absolute Gasteiger partial charge is 0.433 e. The lowest BCUT2D eigenvalue weighted by molar-refractivity contribution is -0.141. The first-order valence-electron chi connectivity index (χ1n) is 10.7. The highest BCUT2D eigenvalue weighted by atomic mass is 19.4. The summed E-state index contributed by atoms with van der Waals surface area (Å²) < 4.78 is 81.8. The zero-order valence-electron chi connectivity index (χ0n) is 18.0. The molecular formula is C23H18F6N6. The SMILES string of the molecule is Fc1ccc(-c2cccn3nc(NC4CCN(c5ccnc(C(F)(F)F)c5)CC4)nc23)c(F)c1F. The minimum absolute atomic E-state index is 0.0453. The summed E-state index contributed by atoms with van der Waals surface area (Å²) in [4.78, 5) is 9.66. The molecule has 35 heavy (non-hydrogen) atoms. The van der Waals surface area contributed by atoms with Crippen LogP contribution < -0.4 is 10.2 Å². The van der Waals surface area contributed by atoms with E-state index >= 15 is 0 Å². The normalized spacial score (nSPS) is 15.1. The molecule has 1 N–H and O–H groups in total. The second kappa shape index (κ2) is 8.75. The van der Waals surface area contributed by atoms with E-state index in [9.17, 15) is 26.3 Å². The highest BCUT2D eigenvalue weighted by Gasteiger charge is 2.33. The van der Waals surface area contributed by atoms with E-state index in [-0.39, 0.29) is 28.8 Å². The topological polar surface area (TPSA) is 58.4 Å². The number of fused-ring (bicyclic) bond motifs is 1. The van der Waals surface area contributed by atoms with Crippen LogP contribution in [-0.2, 0) is 6.18 Å². The fraction of sp³-hybridized carbons (Fsp3) is 0.261. The van der Waals surface area contributed by atoms with Crippen LogP contribution in [0.2, 0.25) is 0 Å². The van der Waals surface area contributed by atoms with Crippen molar-refractivity contribution >= 4 is 17.3 Å². The molecule has 3 aromatic heterocycles. The van der Waals surface area contributed by atoms with Gasteiger partial charge in [0, 0.05) is 48.3 Å². The second-order valence-corrected chi connectivity index (χ2v) is 8.15. The lowest BCUT2D eigenvalue weighted by atomic mass is 10.0. The van der Waals surface area contributed by atoms with E-state index in [0.29, 0.717) is 31.6 Å². The second-order valence-electron chi connectivity index (χ2n) is 8.15. The van der Waals surface area contributed by atoms with Crippen LogP contribution in [0.5, 0.6) is 0 Å². The van der Waals surface area contributed by atoms with Crippen LogP contribution in [0.15, 0.2) is 48.8 Å². The first-order chi connectivity index (χ1) is 16.7. The number of anilines is 2. The quantitative estimate of drug-likeness (QED) is 0.309. The average Bonchev–Trinajstić information content (AvgIpc) is 3.25. The Balaban J connectivity index is 1.31. The number of nitrogens with one attached hydrogen (secondary N) is 1. The summed E-state index contributed by atoms with van der Waals surface area (Å²) in [7, 11) is 0. The Kier molecular flexibility index (Phi) is 5.73. The van der Waals surface area contributed by atoms with Crippen LogP contribution in [0.25, 0.3) is 16.8 Å². The number of benzene rings is 1. The molecule has 1 saturated heterocycles. The van der Waals surface area contributed by atoms with E-state index in [1.165, 1.54) is 10.6 Å². The van der Waals surface area contributed by atoms with Gasteiger partial charge in [0.2, 0.25) is 5.95 Å². The lowest BCUT2D eigenvalue weighted by Gasteiger charge is -2.33. The Bertz CT molecular complexity index is 1380. The number of nitrogens with zero attached hydrogens (tertiary/aromatic N) is 5. The van der Waals surface area contributed by atoms with Gasteiger partial charge in [0.25, 0.3) is 0 Å². The molecule has 4 aromatic rings. The van der Waals surface area contributed by atoms with Gasteiger partial charge in [0.05, 0.1) is 0 Å². The van der Waals surface area contributed by atoms with Gasteiger partial charge < -0.3 is 10.2 Å². The predicted octanol–water partition coefficient (Wildman–Crippen LogP) is 5.31. The van der Waals surface area contributed by atoms with Gasteiger partial charge in [-0.2, -0.15) is 18.2 Å². The van der Waals surface area contributed by atoms with Gasteiger partial charge in [0.1, 0.15) is 5.69 Å². The van der Waals surface area contributed by atoms with Crippen molar-refractivity contribution in [2.75, 3.05) is 23.3 Å². The summed E-state index contributed by atoms with van der Waals surface area (Å²) in [5, 5.41) is 7.54. The smallest absolute Gasteiger partial charge is 0.371 e. The minimum atomic E-state index is -4.51. The molecule has 1 fully saturated rings. The van der Waals surface area contributed by atoms with Crippen LogP contribution in [-0.4, -0.2) is 38.7 Å². The molecule has 4 heterocycles. The standard InChI is InChI=1S/C23H18F6N6/c24-17-4-3-15(19(25)20(17)26)16-2-1-9-35-21(16)32-22(33-35)31-13-6-10-34(11-7-13)14-5-8-30-18(12-14)23(27,28)29/h1-5,8-9,12-13H,6-7,10-11H2,(H,31,33). The molecule has 5 rings (SSSR count). The summed E-state index contributed by atoms with van der Waals surface area (Å²) in [6, 6.07) is 7.65. The summed E-state index contributed by atoms with van der Waals surface area (Å²) >= 11 is 0. The van der Waals surface area contributed by atoms with Crippen molar-refractivity contribution in [1.29, 1.82) is 0 Å². The third-order valence-electron chi connectivity index (χ3n) is 5.91. The zero-order valence-corrected chi connectivity index (χ0v) is 18.0. The van der Waals surface area contributed by atoms with E-state index in [1.54, 1.807) is 18.3 Å². The number of alkyl halides is 3. The number of piperidine rings is 1. The van der Waals surface area contributed by atoms with Gasteiger partial charge in [-0.3, -0.25) is 4.98 Å². The number of halogens is 6. The van der Waals surface area contributed by atoms with Gasteiger partial charge in [-0.1, -0.05) is 0 Å². The number of aromatic nitrogens is 4. The van der Waals surface area contributed by atoms with E-state index < -0.39 is 29.3 Å². The zero-order chi connectivity index (χ0) is 24.7. The molecular weight excluding hydrogens is 474 g/mol. The molecule has 0 unspecified atom stereocenters. The molecule has 1 aromatic carbocycles. The molecule has 0 radical (unpaired) electrons. The number of rotatable bonds is 4. The van der Waals surface area contributed by atoms with Gasteiger partial charge in [-0.25, -0.2) is 17.7 Å². The predicted molar refractivity (Wildman–Crippen MR) is 116 cm³/mol. The molecule has 1 aliphatic heterocycles. The molecule has 182 valence electrons. The van der Waals surface area contributed by atoms with Crippen molar-refractivity contribution in [2.24, 2.45) is 0 Å². The Labute approximate surface area is 195 Å². The van der Waals surface area contributed by atoms with Crippen LogP contribution in [0, 0.1) is 17.5 Å². The Morgan fingerprint density at radius 3 is 2.46 bits per heavy atom. The molecule has 6 nitrogen and oxygen atoms in total. The molecule has 1 aliphatic rings. The van der Waals surface area contributed by atoms with Crippen molar-refractivity contribution < 1.29 is 26.3 Å². The molecule has 0 saturated carbocycles. The number of hydrogen-bond acceptors (Lipinski definition) is 5. The number of pyridine rings is 2. The monoisotopic (exact) mass is 492 g/mol. The molecule has 0 spiro atoms. The van der Waals surface area contributed by atoms with Gasteiger partial charge in [0.15, 0.2) is 23.1 Å². The Hall–Kier alpha value is -3.83. The molecule has 0 amide bonds. The van der Waals surface area contributed by atoms with Gasteiger partial charge in [-0.15, -0.1) is 5.10 Å². The van der Waals surface area contributed by atoms with Crippen LogP contribution >= 0.6 is 0 Å². The maximum Gasteiger partial charge on any atom is 0.433 e. The fourth-order valence-corrected chi connectivity index (χ4v) is 4.15. The third-order valence-corrected chi connectivity index (χ3v) is 5.91. The van der Waals surface area contributed by atoms with Gasteiger partial charge in [-0.05, 0) is 49.2 Å². The molecule has 0 atom stereocenters. The Morgan fingerprint density at radius 1 is 0.943 bits per heavy atom. The van der Waals surface area contributed by atoms with Gasteiger partial charge >= 0.3 is 6.18 Å². The number of hydrogen-bond donors (Lipinski definition) is 1. The molecule has 0 bridgehead atoms. The maximum atomic E-state index is 14.4. The van der Waals surface area contributed by atoms with E-state index in [1.807, 2.05) is 4.90 Å². The van der Waals surface area contributed by atoms with Crippen molar-refractivity contribution in [3.8, 4) is 11.1 Å². The van der Waals surface area contributed by atoms with E-state index in [4.69, 9.17) is 0 Å². The van der Waals surface area contributed by atoms with E-state index in [2.05, 4.69) is 20.4 Å². The Morgan fingerprint density at radius 2 is 1.71 bits per heavy atom. The van der Waals surface area contributed by atoms with Crippen molar-refractivity contribution in [3.05, 3.63) is 71.9 Å². The van der Waals surface area contributed by atoms with Crippen LogP contribution in [0.3, 0.4) is 0 Å². The highest BCUT2D eigenvalue weighted by Crippen LogP contribution is 2.32. The summed E-state index contributed by atoms with van der Waals surface area (Å²) in [5.74, 6) is -3.89. The van der Waals surface area contributed by atoms with Crippen molar-refractivity contribution in [3.63, 3.8) is 0 Å². The van der Waals surface area contributed by atoms with Crippen LogP contribution in [0.1, 0.15) is 18.5 Å². The first kappa shape index (κ1) is 22.9. The minimum Gasteiger partial charge on any atom is -0.371 e. The first-order valence-corrected chi connectivity index (χ1v) is 10.7. The highest BCUT2D eigenvalue weighted by molar-refractivity contribution is 5.78. The van der Waals surface area contributed by atoms with Crippen LogP contribution in [0.4, 0.5) is 38.0 Å².